The van der Waals surface area contributed by atoms with E-state index in [-0.39, 0.29) is 74.5 Å². The Labute approximate surface area is 321 Å². The summed E-state index contributed by atoms with van der Waals surface area (Å²) in [5, 5.41) is 46.3. The van der Waals surface area contributed by atoms with Crippen LogP contribution in [0.25, 0.3) is 0 Å². The van der Waals surface area contributed by atoms with Gasteiger partial charge in [0.25, 0.3) is 5.69 Å². The van der Waals surface area contributed by atoms with Gasteiger partial charge in [-0.15, -0.1) is 18.2 Å². The number of carbonyl (C=O) groups is 1. The van der Waals surface area contributed by atoms with Crippen LogP contribution in [0.2, 0.25) is 0 Å². The Morgan fingerprint density at radius 2 is 1.89 bits per heavy atom. The molecule has 5 rings (SSSR count). The SMILES string of the molecule is C=CCO[C@@]12Oc3ccc(O)cc3[C@H]3[C@H](CCCCO)[C@@H](CCCCO)C=C(C(=NOCc4ccc([N+](=O)[O-])cc4)C[C@@H]1N(CCC)C(=O)OCCCl)[C@H]32. The van der Waals surface area contributed by atoms with E-state index in [2.05, 4.69) is 12.7 Å². The molecule has 1 aliphatic heterocycles. The molecule has 2 aromatic rings. The van der Waals surface area contributed by atoms with Crippen molar-refractivity contribution in [3.63, 3.8) is 0 Å². The number of halogens is 1. The summed E-state index contributed by atoms with van der Waals surface area (Å²) in [7, 11) is 0. The van der Waals surface area contributed by atoms with Crippen LogP contribution in [0.4, 0.5) is 10.5 Å². The number of nitrogens with zero attached hydrogens (tertiary/aromatic N) is 3. The smallest absolute Gasteiger partial charge is 0.410 e. The molecule has 294 valence electrons. The number of non-ortho nitro benzene ring substituents is 1. The highest BCUT2D eigenvalue weighted by atomic mass is 35.5. The maximum absolute atomic E-state index is 13.9. The van der Waals surface area contributed by atoms with Gasteiger partial charge in [-0.1, -0.05) is 37.1 Å². The summed E-state index contributed by atoms with van der Waals surface area (Å²) in [6, 6.07) is 10.4. The summed E-state index contributed by atoms with van der Waals surface area (Å²) in [5.41, 5.74) is 2.90. The minimum absolute atomic E-state index is 0.00371. The summed E-state index contributed by atoms with van der Waals surface area (Å²) < 4.78 is 19.5. The van der Waals surface area contributed by atoms with Crippen LogP contribution in [0.3, 0.4) is 0 Å². The van der Waals surface area contributed by atoms with Gasteiger partial charge < -0.3 is 34.4 Å². The van der Waals surface area contributed by atoms with E-state index in [1.165, 1.54) is 12.1 Å². The Morgan fingerprint density at radius 1 is 1.15 bits per heavy atom. The predicted molar refractivity (Wildman–Crippen MR) is 204 cm³/mol. The van der Waals surface area contributed by atoms with Crippen LogP contribution in [0.1, 0.15) is 75.3 Å². The maximum atomic E-state index is 13.9. The fourth-order valence-corrected chi connectivity index (χ4v) is 8.46. The second kappa shape index (κ2) is 19.4. The molecule has 1 fully saturated rings. The number of hydrogen-bond donors (Lipinski definition) is 3. The van der Waals surface area contributed by atoms with Gasteiger partial charge in [-0.05, 0) is 85.4 Å². The largest absolute Gasteiger partial charge is 0.508 e. The number of ether oxygens (including phenoxy) is 3. The number of nitro benzene ring substituents is 1. The van der Waals surface area contributed by atoms with Gasteiger partial charge in [-0.2, -0.15) is 0 Å². The highest BCUT2D eigenvalue weighted by molar-refractivity contribution is 6.18. The number of fused-ring (bicyclic) bond motifs is 2. The van der Waals surface area contributed by atoms with Crippen molar-refractivity contribution >= 4 is 29.1 Å². The van der Waals surface area contributed by atoms with Crippen LogP contribution >= 0.6 is 11.6 Å². The Bertz CT molecular complexity index is 1650. The molecule has 0 saturated heterocycles. The van der Waals surface area contributed by atoms with E-state index in [9.17, 15) is 30.2 Å². The third-order valence-electron chi connectivity index (χ3n) is 10.6. The number of aliphatic hydroxyl groups is 2. The molecule has 3 aliphatic rings. The minimum Gasteiger partial charge on any atom is -0.508 e. The average molecular weight is 770 g/mol. The van der Waals surface area contributed by atoms with E-state index in [1.807, 2.05) is 6.92 Å². The van der Waals surface area contributed by atoms with Gasteiger partial charge in [0.2, 0.25) is 5.79 Å². The molecule has 2 aromatic carbocycles. The fourth-order valence-electron chi connectivity index (χ4n) is 8.38. The van der Waals surface area contributed by atoms with Crippen molar-refractivity contribution in [2.24, 2.45) is 22.9 Å². The number of alkyl halides is 1. The number of oxime groups is 1. The Hall–Kier alpha value is -4.17. The van der Waals surface area contributed by atoms with Crippen LogP contribution in [-0.4, -0.2) is 87.6 Å². The van der Waals surface area contributed by atoms with Crippen LogP contribution < -0.4 is 4.74 Å². The lowest BCUT2D eigenvalue weighted by Gasteiger charge is -2.59. The number of phenols is 1. The summed E-state index contributed by atoms with van der Waals surface area (Å²) in [6.07, 6.45) is 8.41. The predicted octanol–water partition coefficient (Wildman–Crippen LogP) is 7.22. The van der Waals surface area contributed by atoms with E-state index in [1.54, 1.807) is 41.3 Å². The quantitative estimate of drug-likeness (QED) is 0.0410. The minimum atomic E-state index is -1.45. The first-order valence-corrected chi connectivity index (χ1v) is 19.4. The van der Waals surface area contributed by atoms with Crippen LogP contribution in [0.5, 0.6) is 11.5 Å². The van der Waals surface area contributed by atoms with E-state index in [0.29, 0.717) is 42.8 Å². The molecule has 14 heteroatoms. The molecule has 13 nitrogen and oxygen atoms in total. The number of nitro groups is 1. The van der Waals surface area contributed by atoms with Crippen molar-refractivity contribution in [3.05, 3.63) is 88.0 Å². The molecule has 0 radical (unpaired) electrons. The molecular formula is C40H52ClN3O10. The third-order valence-corrected chi connectivity index (χ3v) is 10.7. The van der Waals surface area contributed by atoms with Crippen LogP contribution in [-0.2, 0) is 20.9 Å². The van der Waals surface area contributed by atoms with Crippen molar-refractivity contribution in [1.82, 2.24) is 4.90 Å². The summed E-state index contributed by atoms with van der Waals surface area (Å²) >= 11 is 5.95. The van der Waals surface area contributed by atoms with E-state index < -0.39 is 28.8 Å². The number of rotatable bonds is 20. The van der Waals surface area contributed by atoms with Gasteiger partial charge in [0.15, 0.2) is 0 Å². The monoisotopic (exact) mass is 769 g/mol. The first-order valence-electron chi connectivity index (χ1n) is 18.8. The van der Waals surface area contributed by atoms with Crippen molar-refractivity contribution in [2.75, 3.05) is 38.9 Å². The van der Waals surface area contributed by atoms with E-state index in [4.69, 9.17) is 35.8 Å². The Balaban J connectivity index is 1.72. The van der Waals surface area contributed by atoms with Gasteiger partial charge >= 0.3 is 6.09 Å². The van der Waals surface area contributed by atoms with Crippen molar-refractivity contribution in [2.45, 2.75) is 82.6 Å². The molecule has 0 spiro atoms. The highest BCUT2D eigenvalue weighted by Gasteiger charge is 2.65. The van der Waals surface area contributed by atoms with Crippen LogP contribution in [0, 0.1) is 27.9 Å². The lowest BCUT2D eigenvalue weighted by Crippen LogP contribution is -2.70. The summed E-state index contributed by atoms with van der Waals surface area (Å²) in [5.74, 6) is -1.51. The second-order valence-corrected chi connectivity index (χ2v) is 14.4. The number of benzene rings is 2. The number of aliphatic hydroxyl groups excluding tert-OH is 2. The number of carbonyl (C=O) groups excluding carboxylic acids is 1. The molecule has 2 aliphatic carbocycles. The summed E-state index contributed by atoms with van der Waals surface area (Å²) in [6.45, 7) is 6.51. The average Bonchev–Trinajstić information content (AvgIpc) is 3.17. The zero-order valence-corrected chi connectivity index (χ0v) is 31.6. The van der Waals surface area contributed by atoms with E-state index >= 15 is 0 Å². The molecule has 0 bridgehead atoms. The highest BCUT2D eigenvalue weighted by Crippen LogP contribution is 2.61. The Morgan fingerprint density at radius 3 is 2.56 bits per heavy atom. The molecule has 1 amide bonds. The van der Waals surface area contributed by atoms with Gasteiger partial charge in [-0.25, -0.2) is 4.79 Å². The fraction of sp³-hybridized carbons (Fsp3) is 0.550. The molecule has 1 saturated carbocycles. The molecule has 54 heavy (non-hydrogen) atoms. The third kappa shape index (κ3) is 9.02. The lowest BCUT2D eigenvalue weighted by atomic mass is 9.55. The molecule has 3 N–H and O–H groups in total. The Kier molecular flexibility index (Phi) is 14.8. The van der Waals surface area contributed by atoms with Crippen molar-refractivity contribution in [1.29, 1.82) is 0 Å². The number of hydrogen-bond acceptors (Lipinski definition) is 11. The number of amides is 1. The van der Waals surface area contributed by atoms with Crippen molar-refractivity contribution < 1.29 is 44.1 Å². The lowest BCUT2D eigenvalue weighted by molar-refractivity contribution is -0.384. The van der Waals surface area contributed by atoms with Gasteiger partial charge in [-0.3, -0.25) is 15.0 Å². The molecule has 1 heterocycles. The first-order chi connectivity index (χ1) is 26.2. The second-order valence-electron chi connectivity index (χ2n) is 14.0. The normalized spacial score (nSPS) is 24.8. The first kappa shape index (κ1) is 41.0. The van der Waals surface area contributed by atoms with Crippen molar-refractivity contribution in [3.8, 4) is 11.5 Å². The zero-order chi connectivity index (χ0) is 38.7. The standard InChI is InChI=1S/C40H52ClN3O10/c1-3-18-43(39(48)51-22-17-41)36-25-34(42-53-26-27-11-13-29(14-12-27)44(49)50)32-23-28(9-5-7-19-45)31(10-6-8-20-46)37-33-24-30(47)15-16-35(33)54-40(36,38(32)37)52-21-4-2/h4,11-16,23-24,28,31,36-38,45-47H,2-3,5-10,17-22,25-26H2,1H3/t28-,31+,36-,37+,38+,40+/m0/s1. The summed E-state index contributed by atoms with van der Waals surface area (Å²) in [4.78, 5) is 32.3. The topological polar surface area (TPSA) is 173 Å². The maximum Gasteiger partial charge on any atom is 0.410 e. The van der Waals surface area contributed by atoms with Crippen LogP contribution in [0.15, 0.2) is 71.9 Å². The number of unbranched alkanes of at least 4 members (excludes halogenated alkanes) is 2. The molecule has 6 atom stereocenters. The van der Waals surface area contributed by atoms with E-state index in [0.717, 1.165) is 36.8 Å². The zero-order valence-electron chi connectivity index (χ0n) is 30.8. The molecular weight excluding hydrogens is 718 g/mol. The molecule has 0 aromatic heterocycles. The van der Waals surface area contributed by atoms with Gasteiger partial charge in [0.05, 0.1) is 29.0 Å². The number of phenolic OH excluding ortho intramolecular Hbond substituents is 1. The van der Waals surface area contributed by atoms with Gasteiger partial charge in [0, 0.05) is 49.8 Å². The number of aromatic hydroxyl groups is 1. The molecule has 0 unspecified atom stereocenters. The van der Waals surface area contributed by atoms with Gasteiger partial charge in [0.1, 0.15) is 30.8 Å². The number of allylic oxidation sites excluding steroid dienone is 1.